The van der Waals surface area contributed by atoms with Crippen LogP contribution in [0.3, 0.4) is 0 Å². The van der Waals surface area contributed by atoms with E-state index in [1.54, 1.807) is 30.0 Å². The number of aromatic nitrogens is 2. The van der Waals surface area contributed by atoms with Crippen LogP contribution < -0.4 is 15.8 Å². The van der Waals surface area contributed by atoms with Crippen molar-refractivity contribution in [1.82, 2.24) is 9.78 Å². The molecule has 3 aromatic rings. The molecule has 0 aliphatic heterocycles. The maximum atomic E-state index is 12.4. The van der Waals surface area contributed by atoms with Crippen LogP contribution in [-0.2, 0) is 5.54 Å². The van der Waals surface area contributed by atoms with Crippen LogP contribution in [0.15, 0.2) is 48.5 Å². The second-order valence-electron chi connectivity index (χ2n) is 7.68. The second-order valence-corrected chi connectivity index (χ2v) is 7.68. The van der Waals surface area contributed by atoms with Crippen LogP contribution in [0, 0.1) is 10.1 Å². The molecule has 9 heteroatoms. The average Bonchev–Trinajstić information content (AvgIpc) is 3.08. The number of nitrogens with one attached hydrogen (secondary N) is 1. The van der Waals surface area contributed by atoms with Gasteiger partial charge in [0.1, 0.15) is 22.8 Å². The zero-order valence-corrected chi connectivity index (χ0v) is 17.2. The summed E-state index contributed by atoms with van der Waals surface area (Å²) in [5, 5.41) is 18.8. The van der Waals surface area contributed by atoms with Crippen LogP contribution in [0.2, 0.25) is 0 Å². The predicted molar refractivity (Wildman–Crippen MR) is 114 cm³/mol. The van der Waals surface area contributed by atoms with E-state index in [0.29, 0.717) is 28.5 Å². The van der Waals surface area contributed by atoms with Gasteiger partial charge in [-0.25, -0.2) is 4.68 Å². The van der Waals surface area contributed by atoms with Gasteiger partial charge in [0.2, 0.25) is 0 Å². The van der Waals surface area contributed by atoms with Gasteiger partial charge in [0, 0.05) is 29.4 Å². The van der Waals surface area contributed by atoms with Crippen LogP contribution in [-0.4, -0.2) is 27.7 Å². The van der Waals surface area contributed by atoms with Gasteiger partial charge in [-0.15, -0.1) is 0 Å². The van der Waals surface area contributed by atoms with Crippen molar-refractivity contribution >= 4 is 23.1 Å². The number of carbonyl (C=O) groups is 1. The Morgan fingerprint density at radius 2 is 1.87 bits per heavy atom. The summed E-state index contributed by atoms with van der Waals surface area (Å²) in [6.45, 7) is 5.84. The molecule has 0 aliphatic carbocycles. The molecule has 0 bridgehead atoms. The molecule has 0 atom stereocenters. The summed E-state index contributed by atoms with van der Waals surface area (Å²) in [6, 6.07) is 13.1. The molecule has 0 radical (unpaired) electrons. The van der Waals surface area contributed by atoms with Gasteiger partial charge in [-0.05, 0) is 45.0 Å². The highest BCUT2D eigenvalue weighted by Gasteiger charge is 2.29. The minimum Gasteiger partial charge on any atom is -0.497 e. The van der Waals surface area contributed by atoms with Crippen molar-refractivity contribution in [2.24, 2.45) is 5.73 Å². The van der Waals surface area contributed by atoms with Crippen molar-refractivity contribution in [2.75, 3.05) is 12.4 Å². The topological polar surface area (TPSA) is 125 Å². The van der Waals surface area contributed by atoms with E-state index in [1.807, 2.05) is 39.0 Å². The summed E-state index contributed by atoms with van der Waals surface area (Å²) >= 11 is 0. The Bertz CT molecular complexity index is 1100. The second kappa shape index (κ2) is 7.86. The smallest absolute Gasteiger partial charge is 0.269 e. The van der Waals surface area contributed by atoms with E-state index in [4.69, 9.17) is 10.5 Å². The van der Waals surface area contributed by atoms with Crippen molar-refractivity contribution < 1.29 is 14.5 Å². The number of non-ortho nitro benzene ring substituents is 1. The number of nitro benzene ring substituents is 1. The number of hydrogen-bond donors (Lipinski definition) is 2. The van der Waals surface area contributed by atoms with Gasteiger partial charge >= 0.3 is 0 Å². The number of primary amides is 1. The van der Waals surface area contributed by atoms with Gasteiger partial charge in [-0.3, -0.25) is 14.9 Å². The van der Waals surface area contributed by atoms with Crippen molar-refractivity contribution in [3.8, 4) is 17.0 Å². The number of nitro groups is 1. The van der Waals surface area contributed by atoms with Gasteiger partial charge in [0.25, 0.3) is 11.6 Å². The standard InChI is InChI=1S/C21H23N5O4/c1-21(2,3)25-20(23-14-6-5-7-16(12-14)30-4)17(19(22)27)18(24-25)13-8-10-15(11-9-13)26(28)29/h5-12,23H,1-4H3,(H2,22,27). The largest absolute Gasteiger partial charge is 0.497 e. The summed E-state index contributed by atoms with van der Waals surface area (Å²) in [5.41, 5.74) is 6.98. The third kappa shape index (κ3) is 4.09. The van der Waals surface area contributed by atoms with E-state index in [9.17, 15) is 14.9 Å². The predicted octanol–water partition coefficient (Wildman–Crippen LogP) is 4.06. The van der Waals surface area contributed by atoms with Gasteiger partial charge in [-0.2, -0.15) is 5.10 Å². The maximum absolute atomic E-state index is 12.4. The summed E-state index contributed by atoms with van der Waals surface area (Å²) < 4.78 is 6.95. The first-order chi connectivity index (χ1) is 14.1. The lowest BCUT2D eigenvalue weighted by Crippen LogP contribution is -2.25. The quantitative estimate of drug-likeness (QED) is 0.467. The molecule has 2 aromatic carbocycles. The highest BCUT2D eigenvalue weighted by Crippen LogP contribution is 2.35. The maximum Gasteiger partial charge on any atom is 0.269 e. The molecule has 0 saturated carbocycles. The number of amides is 1. The highest BCUT2D eigenvalue weighted by molar-refractivity contribution is 6.04. The minimum absolute atomic E-state index is 0.0515. The molecular formula is C21H23N5O4. The van der Waals surface area contributed by atoms with Crippen molar-refractivity contribution in [2.45, 2.75) is 26.3 Å². The molecule has 0 unspecified atom stereocenters. The van der Waals surface area contributed by atoms with Crippen LogP contribution in [0.1, 0.15) is 31.1 Å². The molecule has 3 rings (SSSR count). The lowest BCUT2D eigenvalue weighted by atomic mass is 10.1. The summed E-state index contributed by atoms with van der Waals surface area (Å²) in [4.78, 5) is 22.9. The fourth-order valence-electron chi connectivity index (χ4n) is 3.03. The van der Waals surface area contributed by atoms with E-state index >= 15 is 0 Å². The summed E-state index contributed by atoms with van der Waals surface area (Å²) in [7, 11) is 1.57. The minimum atomic E-state index is -0.663. The number of anilines is 2. The zero-order chi connectivity index (χ0) is 22.1. The molecule has 1 aromatic heterocycles. The van der Waals surface area contributed by atoms with Gasteiger partial charge in [-0.1, -0.05) is 6.07 Å². The number of rotatable bonds is 6. The number of hydrogen-bond acceptors (Lipinski definition) is 6. The highest BCUT2D eigenvalue weighted by atomic mass is 16.6. The third-order valence-electron chi connectivity index (χ3n) is 4.45. The van der Waals surface area contributed by atoms with E-state index in [-0.39, 0.29) is 11.3 Å². The van der Waals surface area contributed by atoms with Crippen molar-refractivity contribution in [3.05, 3.63) is 64.2 Å². The molecular weight excluding hydrogens is 386 g/mol. The van der Waals surface area contributed by atoms with Gasteiger partial charge in [0.05, 0.1) is 17.6 Å². The van der Waals surface area contributed by atoms with Crippen LogP contribution >= 0.6 is 0 Å². The van der Waals surface area contributed by atoms with Crippen LogP contribution in [0.25, 0.3) is 11.3 Å². The number of benzene rings is 2. The molecule has 156 valence electrons. The number of nitrogens with two attached hydrogens (primary N) is 1. The monoisotopic (exact) mass is 409 g/mol. The van der Waals surface area contributed by atoms with E-state index in [0.717, 1.165) is 0 Å². The first-order valence-electron chi connectivity index (χ1n) is 9.21. The molecule has 30 heavy (non-hydrogen) atoms. The molecule has 0 aliphatic rings. The Balaban J connectivity index is 2.19. The van der Waals surface area contributed by atoms with Gasteiger partial charge < -0.3 is 15.8 Å². The Kier molecular flexibility index (Phi) is 5.46. The van der Waals surface area contributed by atoms with E-state index in [1.165, 1.54) is 12.1 Å². The number of nitrogens with zero attached hydrogens (tertiary/aromatic N) is 3. The van der Waals surface area contributed by atoms with Gasteiger partial charge in [0.15, 0.2) is 0 Å². The van der Waals surface area contributed by atoms with Crippen molar-refractivity contribution in [1.29, 1.82) is 0 Å². The SMILES string of the molecule is COc1cccc(Nc2c(C(N)=O)c(-c3ccc([N+](=O)[O-])cc3)nn2C(C)(C)C)c1. The average molecular weight is 409 g/mol. The van der Waals surface area contributed by atoms with Crippen LogP contribution in [0.4, 0.5) is 17.2 Å². The Morgan fingerprint density at radius 3 is 2.40 bits per heavy atom. The van der Waals surface area contributed by atoms with E-state index in [2.05, 4.69) is 10.4 Å². The number of methoxy groups -OCH3 is 1. The molecule has 0 saturated heterocycles. The Hall–Kier alpha value is -3.88. The summed E-state index contributed by atoms with van der Waals surface area (Å²) in [5.74, 6) is 0.416. The Labute approximate surface area is 173 Å². The molecule has 0 spiro atoms. The molecule has 1 amide bonds. The molecule has 0 fully saturated rings. The Morgan fingerprint density at radius 1 is 1.20 bits per heavy atom. The molecule has 9 nitrogen and oxygen atoms in total. The third-order valence-corrected chi connectivity index (χ3v) is 4.45. The van der Waals surface area contributed by atoms with Crippen LogP contribution in [0.5, 0.6) is 5.75 Å². The zero-order valence-electron chi connectivity index (χ0n) is 17.2. The fraction of sp³-hybridized carbons (Fsp3) is 0.238. The first kappa shape index (κ1) is 20.8. The lowest BCUT2D eigenvalue weighted by Gasteiger charge is -2.23. The normalized spacial score (nSPS) is 11.2. The lowest BCUT2D eigenvalue weighted by molar-refractivity contribution is -0.384. The molecule has 3 N–H and O–H groups in total. The first-order valence-corrected chi connectivity index (χ1v) is 9.21. The van der Waals surface area contributed by atoms with E-state index < -0.39 is 16.4 Å². The number of ether oxygens (including phenoxy) is 1. The molecule has 1 heterocycles. The van der Waals surface area contributed by atoms with Crippen molar-refractivity contribution in [3.63, 3.8) is 0 Å². The number of carbonyl (C=O) groups excluding carboxylic acids is 1. The fourth-order valence-corrected chi connectivity index (χ4v) is 3.03. The summed E-state index contributed by atoms with van der Waals surface area (Å²) in [6.07, 6.45) is 0.